The van der Waals surface area contributed by atoms with Crippen molar-refractivity contribution in [2.75, 3.05) is 5.33 Å². The number of halogens is 1. The number of aromatic carboxylic acids is 1. The van der Waals surface area contributed by atoms with E-state index in [1.165, 1.54) is 53.8 Å². The summed E-state index contributed by atoms with van der Waals surface area (Å²) in [7, 11) is 4.45. The molecule has 0 aliphatic carbocycles. The second-order valence-electron chi connectivity index (χ2n) is 9.65. The number of carboxylic acid groups (broad SMARTS) is 1. The van der Waals surface area contributed by atoms with Gasteiger partial charge in [0.1, 0.15) is 46.1 Å². The van der Waals surface area contributed by atoms with Crippen molar-refractivity contribution in [1.82, 2.24) is 78.1 Å². The Morgan fingerprint density at radius 2 is 1.24 bits per heavy atom. The van der Waals surface area contributed by atoms with E-state index in [0.717, 1.165) is 35.5 Å². The average molecular weight is 791 g/mol. The third kappa shape index (κ3) is 7.81. The van der Waals surface area contributed by atoms with Crippen LogP contribution in [0.4, 0.5) is 0 Å². The molecule has 0 saturated heterocycles. The molecule has 7 aromatic rings. The number of carboxylic acids is 1. The van der Waals surface area contributed by atoms with Gasteiger partial charge in [0, 0.05) is 32.2 Å². The molecule has 50 heavy (non-hydrogen) atoms. The van der Waals surface area contributed by atoms with Crippen LogP contribution in [-0.4, -0.2) is 105 Å². The molecular weight excluding hydrogens is 766 g/mol. The quantitative estimate of drug-likeness (QED) is 0.147. The van der Waals surface area contributed by atoms with E-state index in [9.17, 15) is 24.0 Å². The number of alkyl halides is 1. The largest absolute Gasteiger partial charge is 0.476 e. The van der Waals surface area contributed by atoms with Crippen LogP contribution in [0, 0.1) is 6.92 Å². The fourth-order valence-corrected chi connectivity index (χ4v) is 4.51. The molecule has 0 bridgehead atoms. The molecule has 0 amide bonds. The molecule has 0 aliphatic rings. The van der Waals surface area contributed by atoms with E-state index in [-0.39, 0.29) is 39.1 Å². The summed E-state index contributed by atoms with van der Waals surface area (Å²) in [5.74, 6) is -1.07. The fraction of sp³-hybridized carbons (Fsp3) is 0.250. The average Bonchev–Trinajstić information content (AvgIpc) is 3.89. The van der Waals surface area contributed by atoms with Gasteiger partial charge in [0.2, 0.25) is 0 Å². The Bertz CT molecular complexity index is 2460. The van der Waals surface area contributed by atoms with Crippen molar-refractivity contribution >= 4 is 73.2 Å². The summed E-state index contributed by atoms with van der Waals surface area (Å²) < 4.78 is 6.86. The van der Waals surface area contributed by atoms with Gasteiger partial charge in [0.15, 0.2) is 22.6 Å². The maximum absolute atomic E-state index is 11.7. The Morgan fingerprint density at radius 1 is 0.820 bits per heavy atom. The number of aromatic nitrogens is 16. The van der Waals surface area contributed by atoms with E-state index in [0.29, 0.717) is 22.4 Å². The van der Waals surface area contributed by atoms with Gasteiger partial charge in [0.25, 0.3) is 0 Å². The summed E-state index contributed by atoms with van der Waals surface area (Å²) >= 11 is 9.18. The predicted octanol–water partition coefficient (Wildman–Crippen LogP) is -1.80. The molecule has 0 fully saturated rings. The maximum atomic E-state index is 11.7. The lowest BCUT2D eigenvalue weighted by atomic mass is 10.4. The van der Waals surface area contributed by atoms with E-state index in [4.69, 9.17) is 23.1 Å². The summed E-state index contributed by atoms with van der Waals surface area (Å²) in [5, 5.41) is 33.9. The number of ketones is 1. The van der Waals surface area contributed by atoms with Crippen LogP contribution in [0.25, 0.3) is 27.6 Å². The van der Waals surface area contributed by atoms with Crippen LogP contribution in [-0.2, 0) is 25.9 Å². The van der Waals surface area contributed by atoms with E-state index < -0.39 is 11.7 Å². The van der Waals surface area contributed by atoms with Gasteiger partial charge >= 0.3 is 23.0 Å². The monoisotopic (exact) mass is 789 g/mol. The third-order valence-electron chi connectivity index (χ3n) is 5.94. The van der Waals surface area contributed by atoms with Crippen molar-refractivity contribution in [3.63, 3.8) is 0 Å². The minimum Gasteiger partial charge on any atom is -0.476 e. The highest BCUT2D eigenvalue weighted by atomic mass is 79.9. The highest BCUT2D eigenvalue weighted by molar-refractivity contribution is 9.09. The molecular formula is C24H24BrN17O6S2. The highest BCUT2D eigenvalue weighted by Gasteiger charge is 2.16. The lowest BCUT2D eigenvalue weighted by molar-refractivity contribution is -0.114. The molecule has 7 heterocycles. The van der Waals surface area contributed by atoms with Gasteiger partial charge < -0.3 is 10.8 Å². The van der Waals surface area contributed by atoms with Crippen LogP contribution in [0.15, 0.2) is 38.7 Å². The van der Waals surface area contributed by atoms with Gasteiger partial charge in [-0.2, -0.15) is 14.0 Å². The predicted molar refractivity (Wildman–Crippen MR) is 181 cm³/mol. The van der Waals surface area contributed by atoms with Crippen LogP contribution in [0.2, 0.25) is 0 Å². The third-order valence-corrected chi connectivity index (χ3v) is 7.89. The van der Waals surface area contributed by atoms with Crippen LogP contribution < -0.4 is 22.8 Å². The second kappa shape index (κ2) is 15.5. The zero-order chi connectivity index (χ0) is 36.9. The Hall–Kier alpha value is -6.02. The Balaban J connectivity index is 0.000000159. The lowest BCUT2D eigenvalue weighted by Gasteiger charge is -1.95. The number of hydrogen-bond donors (Lipinski definition) is 2. The molecule has 0 saturated carbocycles. The zero-order valence-electron chi connectivity index (χ0n) is 26.4. The number of rotatable bonds is 4. The Morgan fingerprint density at radius 3 is 1.66 bits per heavy atom. The first kappa shape index (κ1) is 36.8. The molecule has 3 N–H and O–H groups in total. The number of nitrogens with zero attached hydrogens (tertiary/aromatic N) is 16. The molecule has 0 spiro atoms. The molecule has 0 aromatic carbocycles. The molecule has 0 aliphatic heterocycles. The second-order valence-corrected chi connectivity index (χ2v) is 11.5. The first-order valence-electron chi connectivity index (χ1n) is 13.5. The van der Waals surface area contributed by atoms with Gasteiger partial charge in [-0.1, -0.05) is 43.8 Å². The number of carbonyl (C=O) groups is 2. The Kier molecular flexibility index (Phi) is 11.4. The van der Waals surface area contributed by atoms with Crippen molar-refractivity contribution in [3.8, 4) is 10.7 Å². The molecule has 0 unspecified atom stereocenters. The van der Waals surface area contributed by atoms with Crippen molar-refractivity contribution < 1.29 is 14.7 Å². The maximum Gasteiger partial charge on any atom is 0.358 e. The van der Waals surface area contributed by atoms with Gasteiger partial charge in [-0.15, -0.1) is 26.6 Å². The Labute approximate surface area is 294 Å². The SMILES string of the molecule is CC(=O)CBr.Cc1csc(-c2ncn3c(=O)n(C)nnc23)n1.Cn1nnc2c(C(=O)O)ncn2c1=O.Cn1nnc2c(C(N)=S)ncn2c1=O. The van der Waals surface area contributed by atoms with E-state index >= 15 is 0 Å². The lowest BCUT2D eigenvalue weighted by Crippen LogP contribution is -2.27. The van der Waals surface area contributed by atoms with Crippen molar-refractivity contribution in [2.45, 2.75) is 13.8 Å². The normalized spacial score (nSPS) is 10.5. The van der Waals surface area contributed by atoms with Gasteiger partial charge in [-0.05, 0) is 13.8 Å². The van der Waals surface area contributed by atoms with Crippen LogP contribution in [0.3, 0.4) is 0 Å². The number of carbonyl (C=O) groups excluding carboxylic acids is 1. The standard InChI is InChI=1S/C9H8N6OS.C6H6N6OS.C6H5N5O3.C3H5BrO/c1-5-3-17-8(11-5)6-7-12-13-14(2)9(16)15(7)4-10-6;1-11-6(13)12-2-8-3(4(7)14)5(12)9-10-11;1-10-6(14)11-2-7-3(5(12)13)4(11)8-9-10;1-3(5)2-4/h3-4H,1-2H3;2H,1H3,(H2,7,14);2H,1H3,(H,12,13);2H2,1H3. The number of hydrogen-bond acceptors (Lipinski definition) is 17. The number of aryl methyl sites for hydroxylation is 4. The van der Waals surface area contributed by atoms with E-state index in [1.807, 2.05) is 12.3 Å². The van der Waals surface area contributed by atoms with Gasteiger partial charge in [0.05, 0.1) is 5.33 Å². The number of fused-ring (bicyclic) bond motifs is 3. The van der Waals surface area contributed by atoms with E-state index in [1.54, 1.807) is 7.05 Å². The topological polar surface area (TPSA) is 289 Å². The molecule has 0 radical (unpaired) electrons. The molecule has 26 heteroatoms. The van der Waals surface area contributed by atoms with E-state index in [2.05, 4.69) is 66.8 Å². The summed E-state index contributed by atoms with van der Waals surface area (Å²) in [4.78, 5) is 71.0. The molecule has 7 rings (SSSR count). The highest BCUT2D eigenvalue weighted by Crippen LogP contribution is 2.24. The van der Waals surface area contributed by atoms with Gasteiger partial charge in [-0.3, -0.25) is 4.79 Å². The number of thiazole rings is 1. The smallest absolute Gasteiger partial charge is 0.358 e. The summed E-state index contributed by atoms with van der Waals surface area (Å²) in [5.41, 5.74) is 6.48. The summed E-state index contributed by atoms with van der Waals surface area (Å²) in [6.45, 7) is 3.44. The zero-order valence-corrected chi connectivity index (χ0v) is 29.7. The van der Waals surface area contributed by atoms with Crippen LogP contribution in [0.1, 0.15) is 28.8 Å². The van der Waals surface area contributed by atoms with Crippen molar-refractivity contribution in [1.29, 1.82) is 0 Å². The van der Waals surface area contributed by atoms with Crippen molar-refractivity contribution in [3.05, 3.63) is 72.9 Å². The number of imidazole rings is 3. The number of thiocarbonyl (C=S) groups is 1. The first-order valence-corrected chi connectivity index (χ1v) is 15.9. The molecule has 260 valence electrons. The molecule has 0 atom stereocenters. The van der Waals surface area contributed by atoms with Crippen molar-refractivity contribution in [2.24, 2.45) is 26.9 Å². The fourth-order valence-electron chi connectivity index (χ4n) is 3.58. The summed E-state index contributed by atoms with van der Waals surface area (Å²) in [6, 6.07) is 0. The minimum atomic E-state index is -1.24. The van der Waals surface area contributed by atoms with Gasteiger partial charge in [-0.25, -0.2) is 52.3 Å². The molecule has 7 aromatic heterocycles. The number of nitrogens with two attached hydrogens (primary N) is 1. The van der Waals surface area contributed by atoms with Crippen LogP contribution >= 0.6 is 39.5 Å². The van der Waals surface area contributed by atoms with Crippen LogP contribution in [0.5, 0.6) is 0 Å². The first-order chi connectivity index (χ1) is 23.7. The molecule has 23 nitrogen and oxygen atoms in total. The summed E-state index contributed by atoms with van der Waals surface area (Å²) in [6.07, 6.45) is 3.87. The number of Topliss-reactive ketones (excluding diaryl/α,β-unsaturated/α-hetero) is 1. The minimum absolute atomic E-state index is 0.0550.